The molecule has 8 nitrogen and oxygen atoms in total. The Morgan fingerprint density at radius 1 is 1.20 bits per heavy atom. The highest BCUT2D eigenvalue weighted by molar-refractivity contribution is 7.90. The molecule has 0 saturated carbocycles. The van der Waals surface area contributed by atoms with Crippen molar-refractivity contribution < 1.29 is 26.7 Å². The van der Waals surface area contributed by atoms with Gasteiger partial charge in [-0.15, -0.1) is 0 Å². The number of carboxylic acid groups (broad SMARTS) is 1. The predicted octanol–water partition coefficient (Wildman–Crippen LogP) is 0.812. The normalized spacial score (nSPS) is 17.7. The minimum Gasteiger partial charge on any atom is -0.481 e. The second kappa shape index (κ2) is 7.40. The van der Waals surface area contributed by atoms with Gasteiger partial charge in [0.05, 0.1) is 15.7 Å². The molecule has 1 atom stereocenters. The van der Waals surface area contributed by atoms with E-state index in [9.17, 15) is 21.6 Å². The van der Waals surface area contributed by atoms with Crippen LogP contribution in [0.4, 0.5) is 0 Å². The third kappa shape index (κ3) is 4.20. The third-order valence-corrected chi connectivity index (χ3v) is 7.88. The Morgan fingerprint density at radius 2 is 1.76 bits per heavy atom. The molecule has 0 aromatic heterocycles. The summed E-state index contributed by atoms with van der Waals surface area (Å²) in [5, 5.41) is 8.93. The fraction of sp³-hybridized carbons (Fsp3) is 0.533. The number of sulfonamides is 2. The van der Waals surface area contributed by atoms with Gasteiger partial charge in [0.15, 0.2) is 0 Å². The van der Waals surface area contributed by atoms with Crippen molar-refractivity contribution in [2.45, 2.75) is 29.6 Å². The van der Waals surface area contributed by atoms with Gasteiger partial charge in [0.1, 0.15) is 0 Å². The molecule has 0 spiro atoms. The molecule has 1 saturated heterocycles. The van der Waals surface area contributed by atoms with Gasteiger partial charge in [-0.1, -0.05) is 13.0 Å². The monoisotopic (exact) mass is 390 g/mol. The Morgan fingerprint density at radius 3 is 2.32 bits per heavy atom. The molecular formula is C15H22N2O6S2. The Bertz CT molecular complexity index is 845. The number of hydrogen-bond donors (Lipinski definition) is 1. The van der Waals surface area contributed by atoms with Crippen LogP contribution in [0.25, 0.3) is 0 Å². The van der Waals surface area contributed by atoms with Crippen molar-refractivity contribution in [2.75, 3.05) is 26.7 Å². The molecule has 1 aromatic rings. The molecule has 0 radical (unpaired) electrons. The Kier molecular flexibility index (Phi) is 5.87. The maximum atomic E-state index is 12.6. The topological polar surface area (TPSA) is 112 Å². The first kappa shape index (κ1) is 19.8. The van der Waals surface area contributed by atoms with Crippen molar-refractivity contribution >= 4 is 26.0 Å². The fourth-order valence-electron chi connectivity index (χ4n) is 2.61. The molecule has 0 aliphatic carbocycles. The van der Waals surface area contributed by atoms with Gasteiger partial charge in [0.25, 0.3) is 0 Å². The molecule has 1 heterocycles. The van der Waals surface area contributed by atoms with Crippen molar-refractivity contribution in [1.82, 2.24) is 8.61 Å². The van der Waals surface area contributed by atoms with E-state index < -0.39 is 31.9 Å². The Labute approximate surface area is 148 Å². The molecule has 25 heavy (non-hydrogen) atoms. The molecule has 1 aliphatic rings. The van der Waals surface area contributed by atoms with Crippen LogP contribution >= 0.6 is 0 Å². The summed E-state index contributed by atoms with van der Waals surface area (Å²) >= 11 is 0. The zero-order chi connectivity index (χ0) is 18.8. The molecule has 10 heteroatoms. The van der Waals surface area contributed by atoms with Gasteiger partial charge in [-0.2, -0.15) is 4.31 Å². The number of carboxylic acids is 1. The van der Waals surface area contributed by atoms with Crippen molar-refractivity contribution in [2.24, 2.45) is 5.92 Å². The average molecular weight is 390 g/mol. The van der Waals surface area contributed by atoms with Crippen molar-refractivity contribution in [3.63, 3.8) is 0 Å². The van der Waals surface area contributed by atoms with Crippen LogP contribution in [-0.4, -0.2) is 63.2 Å². The van der Waals surface area contributed by atoms with Crippen LogP contribution in [0.15, 0.2) is 34.1 Å². The van der Waals surface area contributed by atoms with E-state index in [0.29, 0.717) is 13.1 Å². The van der Waals surface area contributed by atoms with E-state index >= 15 is 0 Å². The minimum absolute atomic E-state index is 0.0739. The second-order valence-corrected chi connectivity index (χ2v) is 10.1. The number of hydrogen-bond acceptors (Lipinski definition) is 5. The van der Waals surface area contributed by atoms with Crippen LogP contribution in [0.5, 0.6) is 0 Å². The number of nitrogens with zero attached hydrogens (tertiary/aromatic N) is 2. The summed E-state index contributed by atoms with van der Waals surface area (Å²) in [6.45, 7) is 2.05. The maximum absolute atomic E-state index is 12.6. The van der Waals surface area contributed by atoms with E-state index in [1.807, 2.05) is 0 Å². The molecule has 0 amide bonds. The number of benzene rings is 1. The summed E-state index contributed by atoms with van der Waals surface area (Å²) in [5.41, 5.74) is 0. The van der Waals surface area contributed by atoms with Gasteiger partial charge in [-0.3, -0.25) is 4.79 Å². The lowest BCUT2D eigenvalue weighted by molar-refractivity contribution is -0.141. The largest absolute Gasteiger partial charge is 0.481 e. The van der Waals surface area contributed by atoms with E-state index in [-0.39, 0.29) is 16.3 Å². The Balaban J connectivity index is 2.32. The lowest BCUT2D eigenvalue weighted by Crippen LogP contribution is -2.34. The van der Waals surface area contributed by atoms with E-state index in [0.717, 1.165) is 23.2 Å². The SMILES string of the molecule is CC(CN(C)S(=O)(=O)c1cccc(S(=O)(=O)N2CCCC2)c1)C(=O)O. The Hall–Kier alpha value is -1.49. The summed E-state index contributed by atoms with van der Waals surface area (Å²) in [6, 6.07) is 5.18. The maximum Gasteiger partial charge on any atom is 0.307 e. The van der Waals surface area contributed by atoms with Crippen molar-refractivity contribution in [3.8, 4) is 0 Å². The standard InChI is InChI=1S/C15H22N2O6S2/c1-12(15(18)19)11-16(2)24(20,21)13-6-5-7-14(10-13)25(22,23)17-8-3-4-9-17/h5-7,10,12H,3-4,8-9,11H2,1-2H3,(H,18,19). The van der Waals surface area contributed by atoms with Gasteiger partial charge in [-0.05, 0) is 31.0 Å². The summed E-state index contributed by atoms with van der Waals surface area (Å²) < 4.78 is 52.7. The first-order valence-electron chi connectivity index (χ1n) is 7.86. The lowest BCUT2D eigenvalue weighted by Gasteiger charge is -2.20. The third-order valence-electron chi connectivity index (χ3n) is 4.17. The zero-order valence-corrected chi connectivity index (χ0v) is 15.8. The van der Waals surface area contributed by atoms with Crippen molar-refractivity contribution in [1.29, 1.82) is 0 Å². The number of rotatable bonds is 7. The van der Waals surface area contributed by atoms with Gasteiger partial charge in [-0.25, -0.2) is 21.1 Å². The fourth-order valence-corrected chi connectivity index (χ4v) is 5.56. The summed E-state index contributed by atoms with van der Waals surface area (Å²) in [5.74, 6) is -1.98. The van der Waals surface area contributed by atoms with E-state index in [2.05, 4.69) is 0 Å². The predicted molar refractivity (Wildman–Crippen MR) is 91.1 cm³/mol. The molecule has 1 fully saturated rings. The number of carbonyl (C=O) groups is 1. The molecule has 1 aliphatic heterocycles. The summed E-state index contributed by atoms with van der Waals surface area (Å²) in [4.78, 5) is 10.7. The quantitative estimate of drug-likeness (QED) is 0.737. The average Bonchev–Trinajstić information content (AvgIpc) is 3.10. The van der Waals surface area contributed by atoms with Crippen LogP contribution < -0.4 is 0 Å². The molecule has 1 aromatic carbocycles. The number of aliphatic carboxylic acids is 1. The van der Waals surface area contributed by atoms with Crippen LogP contribution in [0.3, 0.4) is 0 Å². The highest BCUT2D eigenvalue weighted by Gasteiger charge is 2.30. The second-order valence-electron chi connectivity index (χ2n) is 6.11. The van der Waals surface area contributed by atoms with Crippen LogP contribution in [0, 0.1) is 5.92 Å². The van der Waals surface area contributed by atoms with Crippen LogP contribution in [0.2, 0.25) is 0 Å². The zero-order valence-electron chi connectivity index (χ0n) is 14.1. The van der Waals surface area contributed by atoms with Gasteiger partial charge in [0, 0.05) is 26.7 Å². The molecule has 1 unspecified atom stereocenters. The highest BCUT2D eigenvalue weighted by atomic mass is 32.2. The van der Waals surface area contributed by atoms with Crippen LogP contribution in [0.1, 0.15) is 19.8 Å². The molecule has 0 bridgehead atoms. The molecule has 1 N–H and O–H groups in total. The van der Waals surface area contributed by atoms with Gasteiger partial charge in [0.2, 0.25) is 20.0 Å². The molecular weight excluding hydrogens is 368 g/mol. The van der Waals surface area contributed by atoms with E-state index in [1.165, 1.54) is 36.5 Å². The van der Waals surface area contributed by atoms with E-state index in [1.54, 1.807) is 0 Å². The summed E-state index contributed by atoms with van der Waals surface area (Å²) in [7, 11) is -6.44. The smallest absolute Gasteiger partial charge is 0.307 e. The van der Waals surface area contributed by atoms with Gasteiger partial charge < -0.3 is 5.11 Å². The minimum atomic E-state index is -3.99. The van der Waals surface area contributed by atoms with Crippen LogP contribution in [-0.2, 0) is 24.8 Å². The molecule has 2 rings (SSSR count). The van der Waals surface area contributed by atoms with Crippen molar-refractivity contribution in [3.05, 3.63) is 24.3 Å². The van der Waals surface area contributed by atoms with E-state index in [4.69, 9.17) is 5.11 Å². The van der Waals surface area contributed by atoms with Gasteiger partial charge >= 0.3 is 5.97 Å². The highest BCUT2D eigenvalue weighted by Crippen LogP contribution is 2.24. The first-order chi connectivity index (χ1) is 11.6. The lowest BCUT2D eigenvalue weighted by atomic mass is 10.2. The first-order valence-corrected chi connectivity index (χ1v) is 10.7. The summed E-state index contributed by atoms with van der Waals surface area (Å²) in [6.07, 6.45) is 1.57. The molecule has 140 valence electrons.